The second-order valence-electron chi connectivity index (χ2n) is 34.2. The fourth-order valence-corrected chi connectivity index (χ4v) is 17.4. The van der Waals surface area contributed by atoms with Gasteiger partial charge in [-0.1, -0.05) is 151 Å². The summed E-state index contributed by atoms with van der Waals surface area (Å²) >= 11 is 0. The van der Waals surface area contributed by atoms with Crippen molar-refractivity contribution in [3.8, 4) is 80.8 Å². The minimum Gasteiger partial charge on any atom is -0.495 e. The van der Waals surface area contributed by atoms with Gasteiger partial charge in [0, 0.05) is 118 Å². The lowest BCUT2D eigenvalue weighted by atomic mass is 10.0. The molecular weight excluding hydrogens is 1810 g/mol. The van der Waals surface area contributed by atoms with Crippen molar-refractivity contribution < 1.29 is 9.53 Å². The van der Waals surface area contributed by atoms with Gasteiger partial charge in [0.1, 0.15) is 64.0 Å². The average molecular weight is 1910 g/mol. The molecule has 8 aromatic carbocycles. The molecule has 30 nitrogen and oxygen atoms in total. The first-order chi connectivity index (χ1) is 70.4. The number of hydrogen-bond acceptors (Lipinski definition) is 22. The molecule has 1 amide bonds. The zero-order chi connectivity index (χ0) is 102. The molecule has 19 rings (SSSR count). The number of nitrogens with one attached hydrogen (secondary N) is 4. The van der Waals surface area contributed by atoms with E-state index in [0.717, 1.165) is 104 Å². The molecule has 10 aromatic heterocycles. The molecule has 30 heteroatoms. The number of carbonyl (C=O) groups is 1. The molecule has 4 N–H and O–H groups in total. The summed E-state index contributed by atoms with van der Waals surface area (Å²) in [7, 11) is 1.59. The van der Waals surface area contributed by atoms with Crippen LogP contribution in [0.5, 0.6) is 5.75 Å². The zero-order valence-corrected chi connectivity index (χ0v) is 81.4. The number of fused-ring (bicyclic) bond motifs is 4. The van der Waals surface area contributed by atoms with Gasteiger partial charge in [-0.05, 0) is 201 Å². The molecule has 0 unspecified atom stereocenters. The summed E-state index contributed by atoms with van der Waals surface area (Å²) in [6.45, 7) is 42.5. The number of carbonyl (C=O) groups excluding carboxylic acids is 1. The standard InChI is InChI=1S/C32H30N6O2.C29H24N6O2.C28H23N7O.C26H21N5O/c1-22(35-31-26(20-33)21-34-23(2)36-31)28-19-25-13-10-12-24(11-6-7-16-29(39)37-17-8-9-18-37)30(25)32(40)38(28)27-14-4-3-5-15-27;1-18(33-28-25(30-3)17-31-19(2)34-28)26-15-20-9-8-12-23(24-14-13-22(37-4)16-32-24)27(20)29(36)35(26)21-10-6-5-7-11-21;1-17-14-30-15-23(32-17)22-12-8-9-20-13-25(18(2)33-27-24(29-4)16-31-19(3)34-27)35(28(36)26(20)22)21-10-6-5-7-11-21;1-5-10-19-11-9-12-20-15-23(17(2)29-25-22(27-4)16-28-18(3)30-25)31(26(32)24(19)20)21-13-7-6-8-14-21/h3-5,10,12-15,19,21-22H,7-9,16-18H2,1-2H3,(H,34,35,36);5-18H,1-2,4H3,(H,31,33,34);5-16,18H,1-3H3,(H,31,33,34);6-9,11-17H,1-3H3,(H,28,29,30)/t22-;2*18-;17-/m0000/s1. The van der Waals surface area contributed by atoms with Crippen LogP contribution in [0.25, 0.3) is 103 Å². The van der Waals surface area contributed by atoms with Crippen LogP contribution in [0, 0.1) is 89.3 Å². The summed E-state index contributed by atoms with van der Waals surface area (Å²) in [6.07, 6.45) is 14.0. The SMILES string of the molecule is Cc1ncc(C#N)c(N[C@@H](C)c2cc3cccc(C#CCCC(=O)N4CCCC4)c3c(=O)n2-c2ccccc2)n1.[C-]#[N+]c1cnc(C)nc1N[C@@H](C)c1cc2cccc(-c3ccc(OC)cn3)c2c(=O)n1-c1ccccc1.[C-]#[N+]c1cnc(C)nc1N[C@@H](C)c1cc2cccc(-c3cncc(C)n3)c2c(=O)n1-c1ccccc1.[C-]#[N+]c1cnc(C)nc1N[C@@H](C)c1cc2cccc(C#CC)c2c(=O)n1-c1ccccc1. The highest BCUT2D eigenvalue weighted by Crippen LogP contribution is 2.37. The Balaban J connectivity index is 0.000000139. The lowest BCUT2D eigenvalue weighted by Crippen LogP contribution is -2.27. The Labute approximate surface area is 836 Å². The van der Waals surface area contributed by atoms with Crippen molar-refractivity contribution >= 4 is 89.3 Å². The largest absolute Gasteiger partial charge is 0.495 e. The van der Waals surface area contributed by atoms with Crippen molar-refractivity contribution in [2.75, 3.05) is 41.5 Å². The summed E-state index contributed by atoms with van der Waals surface area (Å²) < 4.78 is 12.0. The number of rotatable bonds is 21. The Hall–Kier alpha value is -19.3. The molecule has 0 radical (unpaired) electrons. The first-order valence-electron chi connectivity index (χ1n) is 46.8. The quantitative estimate of drug-likeness (QED) is 0.0383. The van der Waals surface area contributed by atoms with Gasteiger partial charge in [-0.15, -0.1) is 5.92 Å². The van der Waals surface area contributed by atoms with E-state index in [-0.39, 0.29) is 52.3 Å². The minimum atomic E-state index is -0.370. The summed E-state index contributed by atoms with van der Waals surface area (Å²) in [4.78, 5) is 129. The Bertz CT molecular complexity index is 8560. The summed E-state index contributed by atoms with van der Waals surface area (Å²) in [5.41, 5.74) is 11.4. The molecule has 1 fully saturated rings. The van der Waals surface area contributed by atoms with E-state index in [1.165, 1.54) is 24.8 Å². The van der Waals surface area contributed by atoms with Crippen molar-refractivity contribution in [2.24, 2.45) is 0 Å². The van der Waals surface area contributed by atoms with E-state index in [2.05, 4.69) is 120 Å². The van der Waals surface area contributed by atoms with E-state index >= 15 is 0 Å². The van der Waals surface area contributed by atoms with E-state index in [9.17, 15) is 29.2 Å². The van der Waals surface area contributed by atoms with E-state index in [4.69, 9.17) is 24.5 Å². The Kier molecular flexibility index (Phi) is 30.7. The maximum atomic E-state index is 14.2. The fourth-order valence-electron chi connectivity index (χ4n) is 17.4. The number of hydrogen-bond donors (Lipinski definition) is 4. The van der Waals surface area contributed by atoms with Crippen LogP contribution in [0.1, 0.15) is 153 Å². The molecule has 18 aromatic rings. The van der Waals surface area contributed by atoms with E-state index in [1.807, 2.05) is 270 Å². The number of benzene rings is 8. The van der Waals surface area contributed by atoms with Crippen molar-refractivity contribution in [3.63, 3.8) is 0 Å². The van der Waals surface area contributed by atoms with Crippen LogP contribution in [-0.4, -0.2) is 104 Å². The first-order valence-corrected chi connectivity index (χ1v) is 46.8. The number of aryl methyl sites for hydroxylation is 5. The Morgan fingerprint density at radius 3 is 1.14 bits per heavy atom. The third kappa shape index (κ3) is 22.1. The Morgan fingerprint density at radius 2 is 0.772 bits per heavy atom. The number of nitrogens with zero attached hydrogens (tertiary/aromatic N) is 20. The molecule has 4 atom stereocenters. The molecule has 0 aliphatic carbocycles. The monoisotopic (exact) mass is 1910 g/mol. The molecular formula is C115H98N24O6. The number of aromatic nitrogens is 15. The van der Waals surface area contributed by atoms with Gasteiger partial charge in [-0.25, -0.2) is 44.4 Å². The number of methoxy groups -OCH3 is 1. The number of likely N-dealkylation sites (tertiary alicyclic amines) is 1. The van der Waals surface area contributed by atoms with Gasteiger partial charge in [-0.3, -0.25) is 67.2 Å². The van der Waals surface area contributed by atoms with Gasteiger partial charge in [-0.2, -0.15) is 5.26 Å². The lowest BCUT2D eigenvalue weighted by Gasteiger charge is -2.22. The molecule has 0 saturated carbocycles. The third-order valence-corrected chi connectivity index (χ3v) is 24.3. The van der Waals surface area contributed by atoms with Crippen molar-refractivity contribution in [1.82, 2.24) is 78.0 Å². The zero-order valence-electron chi connectivity index (χ0n) is 81.4. The maximum Gasteiger partial charge on any atom is 0.264 e. The highest BCUT2D eigenvalue weighted by molar-refractivity contribution is 5.98. The number of para-hydroxylation sites is 4. The van der Waals surface area contributed by atoms with Gasteiger partial charge >= 0.3 is 0 Å². The maximum absolute atomic E-state index is 14.2. The minimum absolute atomic E-state index is 0.139. The number of pyridine rings is 5. The second-order valence-corrected chi connectivity index (χ2v) is 34.2. The van der Waals surface area contributed by atoms with Crippen LogP contribution in [0.4, 0.5) is 40.3 Å². The van der Waals surface area contributed by atoms with Crippen molar-refractivity contribution in [2.45, 2.75) is 119 Å². The number of ether oxygens (including phenoxy) is 1. The first kappa shape index (κ1) is 98.7. The molecule has 714 valence electrons. The molecule has 0 spiro atoms. The normalized spacial score (nSPS) is 12.1. The number of nitriles is 1. The van der Waals surface area contributed by atoms with Gasteiger partial charge in [0.25, 0.3) is 22.2 Å². The van der Waals surface area contributed by atoms with E-state index in [0.29, 0.717) is 138 Å². The van der Waals surface area contributed by atoms with Gasteiger partial charge < -0.3 is 30.9 Å². The highest BCUT2D eigenvalue weighted by atomic mass is 16.5. The van der Waals surface area contributed by atoms with Gasteiger partial charge in [0.2, 0.25) is 23.0 Å². The molecule has 0 bridgehead atoms. The summed E-state index contributed by atoms with van der Waals surface area (Å²) in [5.74, 6) is 16.9. The van der Waals surface area contributed by atoms with E-state index < -0.39 is 0 Å². The molecule has 1 aliphatic heterocycles. The van der Waals surface area contributed by atoms with E-state index in [1.54, 1.807) is 78.6 Å². The van der Waals surface area contributed by atoms with Crippen LogP contribution in [0.2, 0.25) is 0 Å². The predicted molar refractivity (Wildman–Crippen MR) is 567 cm³/mol. The lowest BCUT2D eigenvalue weighted by molar-refractivity contribution is -0.130. The van der Waals surface area contributed by atoms with Crippen molar-refractivity contribution in [3.05, 3.63) is 418 Å². The number of anilines is 4. The molecule has 1 aliphatic rings. The molecule has 11 heterocycles. The van der Waals surface area contributed by atoms with Crippen molar-refractivity contribution in [1.29, 1.82) is 5.26 Å². The third-order valence-electron chi connectivity index (χ3n) is 24.3. The summed E-state index contributed by atoms with van der Waals surface area (Å²) in [5, 5.41) is 28.2. The fraction of sp³-hybridized carbons (Fsp3) is 0.183. The highest BCUT2D eigenvalue weighted by Gasteiger charge is 2.28. The van der Waals surface area contributed by atoms with Gasteiger partial charge in [0.15, 0.2) is 0 Å². The molecule has 145 heavy (non-hydrogen) atoms. The smallest absolute Gasteiger partial charge is 0.264 e. The summed E-state index contributed by atoms with van der Waals surface area (Å²) in [6, 6.07) is 73.2. The molecule has 1 saturated heterocycles. The topological polar surface area (TPSA) is 344 Å². The van der Waals surface area contributed by atoms with Gasteiger partial charge in [0.05, 0.1) is 108 Å². The number of amides is 1. The average Bonchev–Trinajstić information content (AvgIpc) is 0.831. The van der Waals surface area contributed by atoms with Crippen LogP contribution in [-0.2, 0) is 4.79 Å². The second kappa shape index (κ2) is 45.1. The Morgan fingerprint density at radius 1 is 0.407 bits per heavy atom. The van der Waals surface area contributed by atoms with Crippen LogP contribution < -0.4 is 48.2 Å². The van der Waals surface area contributed by atoms with Crippen LogP contribution in [0.15, 0.2) is 293 Å². The van der Waals surface area contributed by atoms with Crippen LogP contribution >= 0.6 is 0 Å². The predicted octanol–water partition coefficient (Wildman–Crippen LogP) is 21.5. The van der Waals surface area contributed by atoms with Crippen LogP contribution in [0.3, 0.4) is 0 Å².